The smallest absolute Gasteiger partial charge is 0.262 e. The number of halogens is 2. The van der Waals surface area contributed by atoms with Crippen molar-refractivity contribution in [2.75, 3.05) is 32.8 Å². The van der Waals surface area contributed by atoms with E-state index in [2.05, 4.69) is 4.98 Å². The molecule has 2 fully saturated rings. The van der Waals surface area contributed by atoms with Crippen LogP contribution in [0, 0.1) is 12.8 Å². The Balaban J connectivity index is 1.50. The van der Waals surface area contributed by atoms with Gasteiger partial charge in [0.2, 0.25) is 5.91 Å². The van der Waals surface area contributed by atoms with Gasteiger partial charge in [0.1, 0.15) is 12.4 Å². The van der Waals surface area contributed by atoms with E-state index in [1.807, 2.05) is 0 Å². The van der Waals surface area contributed by atoms with E-state index in [1.54, 1.807) is 23.4 Å². The standard InChI is InChI=1S/C16H24F2N4O4S/c1-11-19-15(9-20(11)2)27(24,25)22-5-3-12(4-6-22)16(23)21-7-13(8-21)26-10-14(17)18/h9,12-14H,3-8,10H2,1-2H3. The first-order valence-corrected chi connectivity index (χ1v) is 10.3. The minimum atomic E-state index is -3.66. The number of hydrogen-bond donors (Lipinski definition) is 0. The van der Waals surface area contributed by atoms with Crippen molar-refractivity contribution in [3.05, 3.63) is 12.0 Å². The van der Waals surface area contributed by atoms with Crippen LogP contribution >= 0.6 is 0 Å². The van der Waals surface area contributed by atoms with Crippen LogP contribution in [0.1, 0.15) is 18.7 Å². The zero-order valence-electron chi connectivity index (χ0n) is 15.3. The topological polar surface area (TPSA) is 84.7 Å². The maximum absolute atomic E-state index is 12.7. The Hall–Kier alpha value is -1.59. The molecule has 152 valence electrons. The van der Waals surface area contributed by atoms with Crippen LogP contribution < -0.4 is 0 Å². The summed E-state index contributed by atoms with van der Waals surface area (Å²) in [5.74, 6) is 0.302. The minimum Gasteiger partial charge on any atom is -0.369 e. The summed E-state index contributed by atoms with van der Waals surface area (Å²) in [6.45, 7) is 2.26. The summed E-state index contributed by atoms with van der Waals surface area (Å²) >= 11 is 0. The van der Waals surface area contributed by atoms with Crippen LogP contribution in [0.5, 0.6) is 0 Å². The Morgan fingerprint density at radius 3 is 2.48 bits per heavy atom. The number of hydrogen-bond acceptors (Lipinski definition) is 5. The molecule has 3 rings (SSSR count). The molecule has 27 heavy (non-hydrogen) atoms. The molecule has 0 unspecified atom stereocenters. The van der Waals surface area contributed by atoms with Crippen LogP contribution in [0.4, 0.5) is 8.78 Å². The summed E-state index contributed by atoms with van der Waals surface area (Å²) in [6, 6.07) is 0. The van der Waals surface area contributed by atoms with Crippen molar-refractivity contribution in [3.8, 4) is 0 Å². The average Bonchev–Trinajstić information content (AvgIpc) is 2.93. The number of amides is 1. The van der Waals surface area contributed by atoms with Crippen LogP contribution in [0.25, 0.3) is 0 Å². The van der Waals surface area contributed by atoms with Crippen molar-refractivity contribution < 1.29 is 26.7 Å². The number of sulfonamides is 1. The molecule has 0 aliphatic carbocycles. The van der Waals surface area contributed by atoms with E-state index in [-0.39, 0.29) is 36.0 Å². The number of ether oxygens (including phenoxy) is 1. The highest BCUT2D eigenvalue weighted by Crippen LogP contribution is 2.26. The van der Waals surface area contributed by atoms with E-state index in [4.69, 9.17) is 4.74 Å². The fourth-order valence-electron chi connectivity index (χ4n) is 3.32. The first-order valence-electron chi connectivity index (χ1n) is 8.87. The lowest BCUT2D eigenvalue weighted by Gasteiger charge is -2.42. The zero-order valence-corrected chi connectivity index (χ0v) is 16.2. The lowest BCUT2D eigenvalue weighted by Crippen LogP contribution is -2.57. The molecule has 0 radical (unpaired) electrons. The summed E-state index contributed by atoms with van der Waals surface area (Å²) in [5, 5.41) is 0.0223. The van der Waals surface area contributed by atoms with Gasteiger partial charge in [-0.1, -0.05) is 0 Å². The zero-order chi connectivity index (χ0) is 19.8. The molecule has 2 saturated heterocycles. The highest BCUT2D eigenvalue weighted by Gasteiger charge is 2.39. The van der Waals surface area contributed by atoms with Gasteiger partial charge >= 0.3 is 0 Å². The molecule has 0 spiro atoms. The van der Waals surface area contributed by atoms with E-state index in [1.165, 1.54) is 10.5 Å². The van der Waals surface area contributed by atoms with Crippen molar-refractivity contribution in [1.82, 2.24) is 18.8 Å². The first kappa shape index (κ1) is 20.2. The number of carbonyl (C=O) groups is 1. The maximum Gasteiger partial charge on any atom is 0.262 e. The third-order valence-corrected chi connectivity index (χ3v) is 6.88. The third kappa shape index (κ3) is 4.30. The molecule has 11 heteroatoms. The normalized spacial score (nSPS) is 20.3. The van der Waals surface area contributed by atoms with Crippen molar-refractivity contribution in [2.24, 2.45) is 13.0 Å². The number of piperidine rings is 1. The number of rotatable bonds is 6. The van der Waals surface area contributed by atoms with Gasteiger partial charge in [-0.25, -0.2) is 22.2 Å². The lowest BCUT2D eigenvalue weighted by atomic mass is 9.95. The Bertz CT molecular complexity index is 765. The number of aromatic nitrogens is 2. The van der Waals surface area contributed by atoms with Crippen LogP contribution in [0.15, 0.2) is 11.2 Å². The van der Waals surface area contributed by atoms with Crippen LogP contribution in [0.3, 0.4) is 0 Å². The average molecular weight is 406 g/mol. The van der Waals surface area contributed by atoms with E-state index < -0.39 is 23.1 Å². The lowest BCUT2D eigenvalue weighted by molar-refractivity contribution is -0.153. The second-order valence-corrected chi connectivity index (χ2v) is 8.89. The molecular formula is C16H24F2N4O4S. The molecule has 1 aromatic rings. The summed E-state index contributed by atoms with van der Waals surface area (Å²) < 4.78 is 57.6. The summed E-state index contributed by atoms with van der Waals surface area (Å²) in [4.78, 5) is 18.2. The largest absolute Gasteiger partial charge is 0.369 e. The maximum atomic E-state index is 12.7. The number of imidazole rings is 1. The van der Waals surface area contributed by atoms with E-state index in [0.717, 1.165) is 0 Å². The molecule has 1 aromatic heterocycles. The number of likely N-dealkylation sites (tertiary alicyclic amines) is 1. The Morgan fingerprint density at radius 2 is 1.96 bits per heavy atom. The minimum absolute atomic E-state index is 0.0223. The number of nitrogens with zero attached hydrogens (tertiary/aromatic N) is 4. The molecule has 0 atom stereocenters. The summed E-state index contributed by atoms with van der Waals surface area (Å²) in [5.41, 5.74) is 0. The highest BCUT2D eigenvalue weighted by atomic mass is 32.2. The van der Waals surface area contributed by atoms with Gasteiger partial charge in [-0.3, -0.25) is 4.79 Å². The highest BCUT2D eigenvalue weighted by molar-refractivity contribution is 7.89. The molecule has 3 heterocycles. The molecule has 0 saturated carbocycles. The third-order valence-electron chi connectivity index (χ3n) is 5.11. The Kier molecular flexibility index (Phi) is 5.82. The molecule has 2 aliphatic rings. The Morgan fingerprint density at radius 1 is 1.33 bits per heavy atom. The molecule has 0 aromatic carbocycles. The van der Waals surface area contributed by atoms with Gasteiger partial charge in [0.15, 0.2) is 5.03 Å². The van der Waals surface area contributed by atoms with Crippen molar-refractivity contribution >= 4 is 15.9 Å². The van der Waals surface area contributed by atoms with Crippen LogP contribution in [-0.4, -0.2) is 78.4 Å². The molecule has 2 aliphatic heterocycles. The van der Waals surface area contributed by atoms with Crippen LogP contribution in [0.2, 0.25) is 0 Å². The monoisotopic (exact) mass is 406 g/mol. The van der Waals surface area contributed by atoms with E-state index in [0.29, 0.717) is 31.8 Å². The fraction of sp³-hybridized carbons (Fsp3) is 0.750. The summed E-state index contributed by atoms with van der Waals surface area (Å²) in [7, 11) is -1.93. The van der Waals surface area contributed by atoms with Crippen LogP contribution in [-0.2, 0) is 26.6 Å². The van der Waals surface area contributed by atoms with E-state index >= 15 is 0 Å². The van der Waals surface area contributed by atoms with Gasteiger partial charge in [-0.15, -0.1) is 0 Å². The van der Waals surface area contributed by atoms with Gasteiger partial charge in [-0.05, 0) is 19.8 Å². The summed E-state index contributed by atoms with van der Waals surface area (Å²) in [6.07, 6.45) is -0.493. The SMILES string of the molecule is Cc1nc(S(=O)(=O)N2CCC(C(=O)N3CC(OCC(F)F)C3)CC2)cn1C. The molecule has 8 nitrogen and oxygen atoms in total. The first-order chi connectivity index (χ1) is 12.7. The quantitative estimate of drug-likeness (QED) is 0.692. The van der Waals surface area contributed by atoms with Crippen molar-refractivity contribution in [1.29, 1.82) is 0 Å². The number of aryl methyl sites for hydroxylation is 2. The molecule has 0 N–H and O–H groups in total. The van der Waals surface area contributed by atoms with Gasteiger partial charge in [0, 0.05) is 45.3 Å². The van der Waals surface area contributed by atoms with Gasteiger partial charge in [0.25, 0.3) is 16.4 Å². The number of carbonyl (C=O) groups excluding carboxylic acids is 1. The second-order valence-electron chi connectivity index (χ2n) is 7.01. The predicted molar refractivity (Wildman–Crippen MR) is 91.8 cm³/mol. The molecular weight excluding hydrogens is 382 g/mol. The van der Waals surface area contributed by atoms with Crippen molar-refractivity contribution in [2.45, 2.75) is 37.3 Å². The van der Waals surface area contributed by atoms with Crippen molar-refractivity contribution in [3.63, 3.8) is 0 Å². The molecule has 1 amide bonds. The second kappa shape index (κ2) is 7.80. The van der Waals surface area contributed by atoms with Gasteiger partial charge in [0.05, 0.1) is 6.10 Å². The number of alkyl halides is 2. The van der Waals surface area contributed by atoms with Gasteiger partial charge in [-0.2, -0.15) is 4.31 Å². The van der Waals surface area contributed by atoms with E-state index in [9.17, 15) is 22.0 Å². The predicted octanol–water partition coefficient (Wildman–Crippen LogP) is 0.622. The Labute approximate surface area is 157 Å². The molecule has 0 bridgehead atoms. The fourth-order valence-corrected chi connectivity index (χ4v) is 4.81. The van der Waals surface area contributed by atoms with Gasteiger partial charge < -0.3 is 14.2 Å².